The van der Waals surface area contributed by atoms with Crippen molar-refractivity contribution in [1.82, 2.24) is 5.32 Å². The molecule has 5 heteroatoms. The average molecular weight is 378 g/mol. The van der Waals surface area contributed by atoms with Crippen molar-refractivity contribution in [1.29, 1.82) is 0 Å². The average Bonchev–Trinajstić information content (AvgIpc) is 2.58. The number of aryl methyl sites for hydroxylation is 1. The fraction of sp³-hybridized carbons (Fsp3) is 0.350. The Labute approximate surface area is 159 Å². The SMILES string of the molecule is Cc1cccc(O[C@H](C)C(=O)NCCSCc2cccc(Cl)c2)c1C. The number of nitrogens with one attached hydrogen (secondary N) is 1. The van der Waals surface area contributed by atoms with Gasteiger partial charge < -0.3 is 10.1 Å². The Kier molecular flexibility index (Phi) is 7.66. The van der Waals surface area contributed by atoms with Gasteiger partial charge in [0.05, 0.1) is 0 Å². The molecule has 0 saturated carbocycles. The molecule has 0 heterocycles. The third-order valence-electron chi connectivity index (χ3n) is 3.93. The number of hydrogen-bond donors (Lipinski definition) is 1. The zero-order chi connectivity index (χ0) is 18.2. The van der Waals surface area contributed by atoms with Crippen molar-refractivity contribution in [3.05, 3.63) is 64.2 Å². The minimum absolute atomic E-state index is 0.0933. The molecule has 0 aliphatic rings. The van der Waals surface area contributed by atoms with Gasteiger partial charge in [-0.3, -0.25) is 4.79 Å². The summed E-state index contributed by atoms with van der Waals surface area (Å²) in [5.74, 6) is 2.39. The zero-order valence-electron chi connectivity index (χ0n) is 14.8. The van der Waals surface area contributed by atoms with E-state index in [0.29, 0.717) is 6.54 Å². The van der Waals surface area contributed by atoms with Gasteiger partial charge in [0.15, 0.2) is 6.10 Å². The molecule has 2 aromatic carbocycles. The first-order valence-electron chi connectivity index (χ1n) is 8.30. The number of carbonyl (C=O) groups excluding carboxylic acids is 1. The van der Waals surface area contributed by atoms with E-state index >= 15 is 0 Å². The molecule has 25 heavy (non-hydrogen) atoms. The summed E-state index contributed by atoms with van der Waals surface area (Å²) >= 11 is 7.73. The van der Waals surface area contributed by atoms with Crippen LogP contribution in [-0.4, -0.2) is 24.3 Å². The lowest BCUT2D eigenvalue weighted by Gasteiger charge is -2.17. The molecule has 0 aromatic heterocycles. The van der Waals surface area contributed by atoms with Gasteiger partial charge in [-0.05, 0) is 55.7 Å². The number of benzene rings is 2. The normalized spacial score (nSPS) is 11.8. The second-order valence-corrected chi connectivity index (χ2v) is 7.47. The molecule has 134 valence electrons. The first kappa shape index (κ1) is 19.7. The van der Waals surface area contributed by atoms with Crippen LogP contribution >= 0.6 is 23.4 Å². The van der Waals surface area contributed by atoms with Crippen LogP contribution in [0.1, 0.15) is 23.6 Å². The highest BCUT2D eigenvalue weighted by Crippen LogP contribution is 2.21. The topological polar surface area (TPSA) is 38.3 Å². The highest BCUT2D eigenvalue weighted by molar-refractivity contribution is 7.98. The molecule has 0 bridgehead atoms. The molecule has 0 spiro atoms. The van der Waals surface area contributed by atoms with E-state index < -0.39 is 6.10 Å². The number of hydrogen-bond acceptors (Lipinski definition) is 3. The Balaban J connectivity index is 1.70. The first-order chi connectivity index (χ1) is 12.0. The molecule has 0 aliphatic carbocycles. The number of amides is 1. The largest absolute Gasteiger partial charge is 0.481 e. The lowest BCUT2D eigenvalue weighted by atomic mass is 10.1. The van der Waals surface area contributed by atoms with Crippen LogP contribution in [0.5, 0.6) is 5.75 Å². The molecule has 3 nitrogen and oxygen atoms in total. The van der Waals surface area contributed by atoms with Gasteiger partial charge in [0, 0.05) is 23.1 Å². The molecule has 0 unspecified atom stereocenters. The third-order valence-corrected chi connectivity index (χ3v) is 5.20. The quantitative estimate of drug-likeness (QED) is 0.673. The molecule has 1 atom stereocenters. The molecule has 2 rings (SSSR count). The Bertz CT molecular complexity index is 721. The number of rotatable bonds is 8. The second kappa shape index (κ2) is 9.73. The Hall–Kier alpha value is -1.65. The monoisotopic (exact) mass is 377 g/mol. The van der Waals surface area contributed by atoms with E-state index in [9.17, 15) is 4.79 Å². The van der Waals surface area contributed by atoms with Crippen molar-refractivity contribution in [3.63, 3.8) is 0 Å². The van der Waals surface area contributed by atoms with Crippen LogP contribution in [0.25, 0.3) is 0 Å². The van der Waals surface area contributed by atoms with Crippen molar-refractivity contribution in [3.8, 4) is 5.75 Å². The van der Waals surface area contributed by atoms with Crippen LogP contribution < -0.4 is 10.1 Å². The first-order valence-corrected chi connectivity index (χ1v) is 9.83. The maximum Gasteiger partial charge on any atom is 0.260 e. The lowest BCUT2D eigenvalue weighted by Crippen LogP contribution is -2.37. The summed E-state index contributed by atoms with van der Waals surface area (Å²) in [7, 11) is 0. The molecular weight excluding hydrogens is 354 g/mol. The predicted molar refractivity (Wildman–Crippen MR) is 107 cm³/mol. The zero-order valence-corrected chi connectivity index (χ0v) is 16.4. The van der Waals surface area contributed by atoms with E-state index in [1.165, 1.54) is 5.56 Å². The van der Waals surface area contributed by atoms with Crippen LogP contribution in [-0.2, 0) is 10.5 Å². The van der Waals surface area contributed by atoms with Gasteiger partial charge in [0.1, 0.15) is 5.75 Å². The van der Waals surface area contributed by atoms with E-state index in [1.54, 1.807) is 18.7 Å². The van der Waals surface area contributed by atoms with Gasteiger partial charge in [-0.2, -0.15) is 11.8 Å². The van der Waals surface area contributed by atoms with Crippen LogP contribution in [0.2, 0.25) is 5.02 Å². The standard InChI is InChI=1S/C20H24ClNO2S/c1-14-6-4-9-19(15(14)2)24-16(3)20(23)22-10-11-25-13-17-7-5-8-18(21)12-17/h4-9,12,16H,10-11,13H2,1-3H3,(H,22,23)/t16-/m1/s1. The second-order valence-electron chi connectivity index (χ2n) is 5.93. The maximum atomic E-state index is 12.2. The summed E-state index contributed by atoms with van der Waals surface area (Å²) in [5, 5.41) is 3.68. The number of ether oxygens (including phenoxy) is 1. The van der Waals surface area contributed by atoms with E-state index in [0.717, 1.165) is 33.4 Å². The molecule has 0 aliphatic heterocycles. The predicted octanol–water partition coefficient (Wildman–Crippen LogP) is 4.77. The maximum absolute atomic E-state index is 12.2. The molecule has 2 aromatic rings. The van der Waals surface area contributed by atoms with E-state index in [4.69, 9.17) is 16.3 Å². The Morgan fingerprint density at radius 1 is 1.24 bits per heavy atom. The van der Waals surface area contributed by atoms with Crippen molar-refractivity contribution >= 4 is 29.3 Å². The minimum atomic E-state index is -0.515. The molecule has 1 amide bonds. The summed E-state index contributed by atoms with van der Waals surface area (Å²) in [5.41, 5.74) is 3.41. The van der Waals surface area contributed by atoms with Crippen molar-refractivity contribution in [2.75, 3.05) is 12.3 Å². The van der Waals surface area contributed by atoms with E-state index in [1.807, 2.05) is 50.2 Å². The lowest BCUT2D eigenvalue weighted by molar-refractivity contribution is -0.127. The summed E-state index contributed by atoms with van der Waals surface area (Å²) in [4.78, 5) is 12.2. The number of halogens is 1. The van der Waals surface area contributed by atoms with E-state index in [2.05, 4.69) is 11.4 Å². The Morgan fingerprint density at radius 3 is 2.76 bits per heavy atom. The third kappa shape index (κ3) is 6.29. The summed E-state index contributed by atoms with van der Waals surface area (Å²) in [6.07, 6.45) is -0.515. The van der Waals surface area contributed by atoms with Crippen molar-refractivity contribution in [2.45, 2.75) is 32.6 Å². The summed E-state index contributed by atoms with van der Waals surface area (Å²) in [6, 6.07) is 13.7. The van der Waals surface area contributed by atoms with E-state index in [-0.39, 0.29) is 5.91 Å². The van der Waals surface area contributed by atoms with Gasteiger partial charge in [-0.25, -0.2) is 0 Å². The van der Waals surface area contributed by atoms with Gasteiger partial charge in [-0.1, -0.05) is 35.9 Å². The smallest absolute Gasteiger partial charge is 0.260 e. The van der Waals surface area contributed by atoms with Crippen LogP contribution in [0.3, 0.4) is 0 Å². The molecular formula is C20H24ClNO2S. The Morgan fingerprint density at radius 2 is 2.00 bits per heavy atom. The fourth-order valence-corrected chi connectivity index (χ4v) is 3.32. The van der Waals surface area contributed by atoms with Gasteiger partial charge in [0.25, 0.3) is 5.91 Å². The minimum Gasteiger partial charge on any atom is -0.481 e. The van der Waals surface area contributed by atoms with Gasteiger partial charge in [-0.15, -0.1) is 0 Å². The van der Waals surface area contributed by atoms with Crippen LogP contribution in [0.4, 0.5) is 0 Å². The van der Waals surface area contributed by atoms with Gasteiger partial charge >= 0.3 is 0 Å². The number of thioether (sulfide) groups is 1. The highest BCUT2D eigenvalue weighted by Gasteiger charge is 2.15. The van der Waals surface area contributed by atoms with Crippen molar-refractivity contribution < 1.29 is 9.53 Å². The summed E-state index contributed by atoms with van der Waals surface area (Å²) < 4.78 is 5.79. The molecule has 0 fully saturated rings. The van der Waals surface area contributed by atoms with Crippen LogP contribution in [0.15, 0.2) is 42.5 Å². The molecule has 1 N–H and O–H groups in total. The molecule has 0 radical (unpaired) electrons. The highest BCUT2D eigenvalue weighted by atomic mass is 35.5. The number of carbonyl (C=O) groups is 1. The fourth-order valence-electron chi connectivity index (χ4n) is 2.30. The van der Waals surface area contributed by atoms with Gasteiger partial charge in [0.2, 0.25) is 0 Å². The molecule has 0 saturated heterocycles. The van der Waals surface area contributed by atoms with Crippen LogP contribution in [0, 0.1) is 13.8 Å². The van der Waals surface area contributed by atoms with Crippen molar-refractivity contribution in [2.24, 2.45) is 0 Å². The summed E-state index contributed by atoms with van der Waals surface area (Å²) in [6.45, 7) is 6.42.